The molecule has 5 nitrogen and oxygen atoms in total. The molecular weight excluding hydrogens is 304 g/mol. The van der Waals surface area contributed by atoms with E-state index >= 15 is 0 Å². The summed E-state index contributed by atoms with van der Waals surface area (Å²) in [6.07, 6.45) is 1.99. The molecule has 1 N–H and O–H groups in total. The average molecular weight is 326 g/mol. The fourth-order valence-electron chi connectivity index (χ4n) is 2.93. The van der Waals surface area contributed by atoms with Crippen molar-refractivity contribution in [1.29, 1.82) is 0 Å². The van der Waals surface area contributed by atoms with Gasteiger partial charge in [0.15, 0.2) is 5.76 Å². The summed E-state index contributed by atoms with van der Waals surface area (Å²) < 4.78 is 5.24. The minimum absolute atomic E-state index is 0.113. The van der Waals surface area contributed by atoms with E-state index < -0.39 is 6.04 Å². The highest BCUT2D eigenvalue weighted by Crippen LogP contribution is 2.25. The lowest BCUT2D eigenvalue weighted by molar-refractivity contribution is -0.126. The van der Waals surface area contributed by atoms with Gasteiger partial charge in [0, 0.05) is 19.5 Å². The van der Waals surface area contributed by atoms with Gasteiger partial charge in [-0.05, 0) is 29.2 Å². The molecule has 3 rings (SSSR count). The second-order valence-corrected chi connectivity index (χ2v) is 6.54. The zero-order chi connectivity index (χ0) is 17.1. The maximum atomic E-state index is 12.8. The van der Waals surface area contributed by atoms with E-state index in [0.29, 0.717) is 25.4 Å². The summed E-state index contributed by atoms with van der Waals surface area (Å²) >= 11 is 0. The van der Waals surface area contributed by atoms with Crippen molar-refractivity contribution in [3.05, 3.63) is 59.5 Å². The van der Waals surface area contributed by atoms with Gasteiger partial charge in [-0.15, -0.1) is 0 Å². The van der Waals surface area contributed by atoms with Crippen molar-refractivity contribution in [1.82, 2.24) is 10.2 Å². The van der Waals surface area contributed by atoms with Crippen LogP contribution in [0.4, 0.5) is 0 Å². The van der Waals surface area contributed by atoms with Crippen LogP contribution in [0.3, 0.4) is 0 Å². The molecule has 0 saturated heterocycles. The van der Waals surface area contributed by atoms with Gasteiger partial charge in [0.1, 0.15) is 6.04 Å². The Balaban J connectivity index is 1.87. The van der Waals surface area contributed by atoms with E-state index in [-0.39, 0.29) is 17.6 Å². The van der Waals surface area contributed by atoms with Crippen LogP contribution in [0.5, 0.6) is 0 Å². The number of nitrogens with zero attached hydrogens (tertiary/aromatic N) is 1. The van der Waals surface area contributed by atoms with Gasteiger partial charge in [-0.1, -0.05) is 38.1 Å². The maximum Gasteiger partial charge on any atom is 0.290 e. The van der Waals surface area contributed by atoms with Gasteiger partial charge in [-0.2, -0.15) is 0 Å². The van der Waals surface area contributed by atoms with Crippen molar-refractivity contribution in [2.75, 3.05) is 6.54 Å². The van der Waals surface area contributed by atoms with Crippen LogP contribution in [0.2, 0.25) is 0 Å². The molecule has 126 valence electrons. The minimum atomic E-state index is -0.517. The number of fused-ring (bicyclic) bond motifs is 1. The van der Waals surface area contributed by atoms with E-state index in [1.54, 1.807) is 17.0 Å². The van der Waals surface area contributed by atoms with Crippen LogP contribution < -0.4 is 5.32 Å². The normalized spacial score (nSPS) is 16.8. The Labute approximate surface area is 141 Å². The topological polar surface area (TPSA) is 62.6 Å². The highest BCUT2D eigenvalue weighted by molar-refractivity contribution is 5.96. The lowest BCUT2D eigenvalue weighted by atomic mass is 9.93. The van der Waals surface area contributed by atoms with Gasteiger partial charge in [0.05, 0.1) is 6.26 Å². The molecule has 1 aliphatic heterocycles. The first kappa shape index (κ1) is 16.3. The number of nitrogens with one attached hydrogen (secondary N) is 1. The van der Waals surface area contributed by atoms with E-state index in [9.17, 15) is 9.59 Å². The molecule has 1 unspecified atom stereocenters. The maximum absolute atomic E-state index is 12.8. The summed E-state index contributed by atoms with van der Waals surface area (Å²) in [5.41, 5.74) is 2.19. The number of furan rings is 1. The predicted octanol–water partition coefficient (Wildman–Crippen LogP) is 2.62. The first-order valence-electron chi connectivity index (χ1n) is 8.25. The Bertz CT molecular complexity index is 722. The van der Waals surface area contributed by atoms with Crippen LogP contribution in [0.15, 0.2) is 47.1 Å². The monoisotopic (exact) mass is 326 g/mol. The molecule has 2 aromatic rings. The fraction of sp³-hybridized carbons (Fsp3) is 0.368. The van der Waals surface area contributed by atoms with E-state index in [1.807, 2.05) is 38.1 Å². The Morgan fingerprint density at radius 3 is 2.62 bits per heavy atom. The summed E-state index contributed by atoms with van der Waals surface area (Å²) in [5.74, 6) is 0.257. The van der Waals surface area contributed by atoms with E-state index in [2.05, 4.69) is 5.32 Å². The second kappa shape index (κ2) is 6.91. The molecule has 2 amide bonds. The first-order valence-corrected chi connectivity index (χ1v) is 8.25. The molecule has 0 aliphatic carbocycles. The molecule has 0 radical (unpaired) electrons. The van der Waals surface area contributed by atoms with E-state index in [4.69, 9.17) is 4.42 Å². The van der Waals surface area contributed by atoms with Crippen molar-refractivity contribution in [2.45, 2.75) is 32.9 Å². The summed E-state index contributed by atoms with van der Waals surface area (Å²) in [7, 11) is 0. The standard InChI is InChI=1S/C19H22N2O3/c1-13(2)11-20-18(22)16-10-14-6-3-4-7-15(14)12-21(16)19(23)17-8-5-9-24-17/h3-9,13,16H,10-12H2,1-2H3,(H,20,22). The van der Waals surface area contributed by atoms with Gasteiger partial charge < -0.3 is 14.6 Å². The number of benzene rings is 1. The predicted molar refractivity (Wildman–Crippen MR) is 90.4 cm³/mol. The second-order valence-electron chi connectivity index (χ2n) is 6.54. The molecule has 1 atom stereocenters. The number of rotatable bonds is 4. The van der Waals surface area contributed by atoms with Gasteiger partial charge in [-0.3, -0.25) is 9.59 Å². The largest absolute Gasteiger partial charge is 0.459 e. The van der Waals surface area contributed by atoms with Crippen molar-refractivity contribution in [3.8, 4) is 0 Å². The molecule has 0 spiro atoms. The average Bonchev–Trinajstić information content (AvgIpc) is 3.12. The molecule has 1 aromatic carbocycles. The fourth-order valence-corrected chi connectivity index (χ4v) is 2.93. The highest BCUT2D eigenvalue weighted by Gasteiger charge is 2.35. The molecule has 2 heterocycles. The Morgan fingerprint density at radius 2 is 1.96 bits per heavy atom. The van der Waals surface area contributed by atoms with Crippen molar-refractivity contribution < 1.29 is 14.0 Å². The minimum Gasteiger partial charge on any atom is -0.459 e. The smallest absolute Gasteiger partial charge is 0.290 e. The molecule has 1 aliphatic rings. The highest BCUT2D eigenvalue weighted by atomic mass is 16.3. The van der Waals surface area contributed by atoms with Crippen LogP contribution in [0.1, 0.15) is 35.5 Å². The van der Waals surface area contributed by atoms with E-state index in [1.165, 1.54) is 6.26 Å². The third-order valence-corrected chi connectivity index (χ3v) is 4.23. The van der Waals surface area contributed by atoms with Crippen molar-refractivity contribution >= 4 is 11.8 Å². The van der Waals surface area contributed by atoms with Gasteiger partial charge in [0.2, 0.25) is 5.91 Å². The molecule has 1 aromatic heterocycles. The van der Waals surface area contributed by atoms with Gasteiger partial charge in [0.25, 0.3) is 5.91 Å². The Kier molecular flexibility index (Phi) is 4.69. The molecule has 0 fully saturated rings. The quantitative estimate of drug-likeness (QED) is 0.939. The van der Waals surface area contributed by atoms with Crippen LogP contribution in [-0.2, 0) is 17.8 Å². The third kappa shape index (κ3) is 3.35. The summed E-state index contributed by atoms with van der Waals surface area (Å²) in [4.78, 5) is 27.0. The number of amides is 2. The van der Waals surface area contributed by atoms with Crippen LogP contribution in [0.25, 0.3) is 0 Å². The zero-order valence-electron chi connectivity index (χ0n) is 14.0. The van der Waals surface area contributed by atoms with Crippen molar-refractivity contribution in [2.24, 2.45) is 5.92 Å². The molecular formula is C19H22N2O3. The van der Waals surface area contributed by atoms with E-state index in [0.717, 1.165) is 11.1 Å². The number of hydrogen-bond acceptors (Lipinski definition) is 3. The lowest BCUT2D eigenvalue weighted by Gasteiger charge is -2.35. The van der Waals surface area contributed by atoms with Crippen LogP contribution >= 0.6 is 0 Å². The Morgan fingerprint density at radius 1 is 1.21 bits per heavy atom. The molecule has 0 saturated carbocycles. The lowest BCUT2D eigenvalue weighted by Crippen LogP contribution is -2.53. The zero-order valence-corrected chi connectivity index (χ0v) is 14.0. The van der Waals surface area contributed by atoms with Crippen LogP contribution in [0, 0.1) is 5.92 Å². The summed E-state index contributed by atoms with van der Waals surface area (Å²) in [5, 5.41) is 2.95. The summed E-state index contributed by atoms with van der Waals surface area (Å²) in [6, 6.07) is 10.7. The van der Waals surface area contributed by atoms with Gasteiger partial charge in [-0.25, -0.2) is 0 Å². The first-order chi connectivity index (χ1) is 11.6. The number of carbonyl (C=O) groups is 2. The van der Waals surface area contributed by atoms with Crippen LogP contribution in [-0.4, -0.2) is 29.3 Å². The molecule has 0 bridgehead atoms. The molecule has 24 heavy (non-hydrogen) atoms. The number of hydrogen-bond donors (Lipinski definition) is 1. The SMILES string of the molecule is CC(C)CNC(=O)C1Cc2ccccc2CN1C(=O)c1ccco1. The van der Waals surface area contributed by atoms with Gasteiger partial charge >= 0.3 is 0 Å². The number of carbonyl (C=O) groups excluding carboxylic acids is 2. The third-order valence-electron chi connectivity index (χ3n) is 4.23. The Hall–Kier alpha value is -2.56. The molecule has 5 heteroatoms. The van der Waals surface area contributed by atoms with Crippen molar-refractivity contribution in [3.63, 3.8) is 0 Å². The summed E-state index contributed by atoms with van der Waals surface area (Å²) in [6.45, 7) is 5.10.